The first-order valence-corrected chi connectivity index (χ1v) is 8.79. The molecule has 0 bridgehead atoms. The molecular weight excluding hydrogens is 363 g/mol. The normalized spacial score (nSPS) is 10.8. The molecule has 0 fully saturated rings. The number of nitrogens with zero attached hydrogens (tertiary/aromatic N) is 2. The Morgan fingerprint density at radius 2 is 1.56 bits per heavy atom. The highest BCUT2D eigenvalue weighted by Crippen LogP contribution is 2.35. The zero-order chi connectivity index (χ0) is 18.8. The van der Waals surface area contributed by atoms with E-state index in [-0.39, 0.29) is 5.82 Å². The van der Waals surface area contributed by atoms with E-state index in [1.165, 1.54) is 12.3 Å². The Morgan fingerprint density at radius 3 is 2.26 bits per heavy atom. The summed E-state index contributed by atoms with van der Waals surface area (Å²) in [5.41, 5.74) is 3.70. The van der Waals surface area contributed by atoms with Gasteiger partial charge in [0.25, 0.3) is 0 Å². The molecule has 1 heterocycles. The average Bonchev–Trinajstić information content (AvgIpc) is 3.09. The molecule has 0 atom stereocenters. The van der Waals surface area contributed by atoms with Crippen LogP contribution in [0.3, 0.4) is 0 Å². The third-order valence-corrected chi connectivity index (χ3v) is 4.66. The molecule has 1 aromatic heterocycles. The van der Waals surface area contributed by atoms with Crippen LogP contribution in [0, 0.1) is 5.82 Å². The van der Waals surface area contributed by atoms with Gasteiger partial charge in [-0.2, -0.15) is 5.10 Å². The molecule has 0 unspecified atom stereocenters. The van der Waals surface area contributed by atoms with E-state index in [0.717, 1.165) is 22.6 Å². The molecule has 0 aliphatic heterocycles. The van der Waals surface area contributed by atoms with Gasteiger partial charge in [-0.1, -0.05) is 54.1 Å². The van der Waals surface area contributed by atoms with Crippen LogP contribution >= 0.6 is 11.6 Å². The molecule has 4 aromatic rings. The van der Waals surface area contributed by atoms with Crippen molar-refractivity contribution < 1.29 is 9.13 Å². The van der Waals surface area contributed by atoms with Crippen LogP contribution in [0.1, 0.15) is 0 Å². The summed E-state index contributed by atoms with van der Waals surface area (Å²) in [6.45, 7) is 0. The van der Waals surface area contributed by atoms with Gasteiger partial charge in [0.15, 0.2) is 0 Å². The summed E-state index contributed by atoms with van der Waals surface area (Å²) < 4.78 is 21.3. The number of ether oxygens (including phenoxy) is 1. The summed E-state index contributed by atoms with van der Waals surface area (Å²) in [6.07, 6.45) is 1.54. The lowest BCUT2D eigenvalue weighted by Gasteiger charge is -2.14. The molecule has 0 N–H and O–H groups in total. The molecular formula is C22H16ClFN2O. The van der Waals surface area contributed by atoms with E-state index in [1.807, 2.05) is 48.5 Å². The summed E-state index contributed by atoms with van der Waals surface area (Å²) in [6, 6.07) is 22.1. The van der Waals surface area contributed by atoms with Crippen molar-refractivity contribution in [2.24, 2.45) is 0 Å². The van der Waals surface area contributed by atoms with Crippen molar-refractivity contribution in [3.8, 4) is 33.8 Å². The van der Waals surface area contributed by atoms with Gasteiger partial charge in [0.1, 0.15) is 11.6 Å². The van der Waals surface area contributed by atoms with E-state index in [4.69, 9.17) is 16.3 Å². The first kappa shape index (κ1) is 17.3. The van der Waals surface area contributed by atoms with E-state index < -0.39 is 0 Å². The quantitative estimate of drug-likeness (QED) is 0.435. The van der Waals surface area contributed by atoms with Crippen molar-refractivity contribution in [1.29, 1.82) is 0 Å². The van der Waals surface area contributed by atoms with Crippen LogP contribution in [0.5, 0.6) is 5.75 Å². The van der Waals surface area contributed by atoms with Crippen LogP contribution < -0.4 is 4.74 Å². The second-order valence-corrected chi connectivity index (χ2v) is 6.39. The maximum absolute atomic E-state index is 14.4. The Labute approximate surface area is 161 Å². The third kappa shape index (κ3) is 3.20. The van der Waals surface area contributed by atoms with Gasteiger partial charge in [-0.05, 0) is 35.9 Å². The number of halogens is 2. The zero-order valence-corrected chi connectivity index (χ0v) is 15.3. The fourth-order valence-electron chi connectivity index (χ4n) is 3.08. The zero-order valence-electron chi connectivity index (χ0n) is 14.6. The minimum atomic E-state index is -0.344. The average molecular weight is 379 g/mol. The predicted molar refractivity (Wildman–Crippen MR) is 106 cm³/mol. The minimum absolute atomic E-state index is 0.344. The number of hydrogen-bond acceptors (Lipinski definition) is 2. The Bertz CT molecular complexity index is 1090. The lowest BCUT2D eigenvalue weighted by atomic mass is 10.0. The molecule has 3 aromatic carbocycles. The summed E-state index contributed by atoms with van der Waals surface area (Å²) in [4.78, 5) is 0. The van der Waals surface area contributed by atoms with Crippen LogP contribution in [0.25, 0.3) is 28.1 Å². The standard InChI is InChI=1S/C22H16ClFN2O/c1-27-16-12-10-15(11-13-16)17-6-3-5-9-21(17)26-22(19(23)14-25-26)18-7-2-4-8-20(18)24/h2-14H,1H3. The van der Waals surface area contributed by atoms with Gasteiger partial charge in [-0.25, -0.2) is 9.07 Å². The molecule has 0 aliphatic carbocycles. The topological polar surface area (TPSA) is 27.1 Å². The number of benzene rings is 3. The Balaban J connectivity index is 1.90. The first-order valence-electron chi connectivity index (χ1n) is 8.41. The van der Waals surface area contributed by atoms with Crippen molar-refractivity contribution in [1.82, 2.24) is 9.78 Å². The number of para-hydroxylation sites is 1. The van der Waals surface area contributed by atoms with Crippen molar-refractivity contribution in [2.45, 2.75) is 0 Å². The lowest BCUT2D eigenvalue weighted by Crippen LogP contribution is -2.02. The van der Waals surface area contributed by atoms with Crippen molar-refractivity contribution in [2.75, 3.05) is 7.11 Å². The molecule has 4 rings (SSSR count). The second-order valence-electron chi connectivity index (χ2n) is 5.98. The number of rotatable bonds is 4. The molecule has 0 aliphatic rings. The van der Waals surface area contributed by atoms with Crippen LogP contribution in [-0.2, 0) is 0 Å². The molecule has 0 saturated carbocycles. The van der Waals surface area contributed by atoms with E-state index in [1.54, 1.807) is 30.0 Å². The van der Waals surface area contributed by atoms with Crippen molar-refractivity contribution >= 4 is 11.6 Å². The van der Waals surface area contributed by atoms with E-state index >= 15 is 0 Å². The van der Waals surface area contributed by atoms with Crippen LogP contribution in [-0.4, -0.2) is 16.9 Å². The highest BCUT2D eigenvalue weighted by Gasteiger charge is 2.18. The summed E-state index contributed by atoms with van der Waals surface area (Å²) in [5.74, 6) is 0.438. The van der Waals surface area contributed by atoms with Crippen molar-refractivity contribution in [3.63, 3.8) is 0 Å². The largest absolute Gasteiger partial charge is 0.497 e. The van der Waals surface area contributed by atoms with Gasteiger partial charge in [-0.15, -0.1) is 0 Å². The maximum Gasteiger partial charge on any atom is 0.132 e. The smallest absolute Gasteiger partial charge is 0.132 e. The fraction of sp³-hybridized carbons (Fsp3) is 0.0455. The number of hydrogen-bond donors (Lipinski definition) is 0. The number of methoxy groups -OCH3 is 1. The highest BCUT2D eigenvalue weighted by atomic mass is 35.5. The molecule has 27 heavy (non-hydrogen) atoms. The molecule has 5 heteroatoms. The van der Waals surface area contributed by atoms with Crippen LogP contribution in [0.2, 0.25) is 5.02 Å². The molecule has 3 nitrogen and oxygen atoms in total. The van der Waals surface area contributed by atoms with E-state index in [9.17, 15) is 4.39 Å². The monoisotopic (exact) mass is 378 g/mol. The highest BCUT2D eigenvalue weighted by molar-refractivity contribution is 6.33. The number of aromatic nitrogens is 2. The third-order valence-electron chi connectivity index (χ3n) is 4.39. The molecule has 134 valence electrons. The summed E-state index contributed by atoms with van der Waals surface area (Å²) in [5, 5.41) is 4.81. The van der Waals surface area contributed by atoms with Gasteiger partial charge in [0.05, 0.1) is 29.7 Å². The summed E-state index contributed by atoms with van der Waals surface area (Å²) in [7, 11) is 1.63. The fourth-order valence-corrected chi connectivity index (χ4v) is 3.31. The Hall–Kier alpha value is -3.11. The van der Waals surface area contributed by atoms with Crippen molar-refractivity contribution in [3.05, 3.63) is 89.8 Å². The second kappa shape index (κ2) is 7.25. The van der Waals surface area contributed by atoms with Crippen LogP contribution in [0.4, 0.5) is 4.39 Å². The maximum atomic E-state index is 14.4. The molecule has 0 radical (unpaired) electrons. The SMILES string of the molecule is COc1ccc(-c2ccccc2-n2ncc(Cl)c2-c2ccccc2F)cc1. The van der Waals surface area contributed by atoms with Gasteiger partial charge in [0.2, 0.25) is 0 Å². The van der Waals surface area contributed by atoms with Gasteiger partial charge in [-0.3, -0.25) is 0 Å². The van der Waals surface area contributed by atoms with E-state index in [2.05, 4.69) is 5.10 Å². The predicted octanol–water partition coefficient (Wildman–Crippen LogP) is 6.01. The molecule has 0 spiro atoms. The molecule has 0 amide bonds. The van der Waals surface area contributed by atoms with Gasteiger partial charge in [0, 0.05) is 11.1 Å². The minimum Gasteiger partial charge on any atom is -0.497 e. The molecule has 0 saturated heterocycles. The first-order chi connectivity index (χ1) is 13.2. The lowest BCUT2D eigenvalue weighted by molar-refractivity contribution is 0.415. The van der Waals surface area contributed by atoms with Gasteiger partial charge < -0.3 is 4.74 Å². The summed E-state index contributed by atoms with van der Waals surface area (Å²) >= 11 is 6.37. The Morgan fingerprint density at radius 1 is 0.889 bits per heavy atom. The van der Waals surface area contributed by atoms with Crippen LogP contribution in [0.15, 0.2) is 79.0 Å². The van der Waals surface area contributed by atoms with E-state index in [0.29, 0.717) is 16.3 Å². The Kier molecular flexibility index (Phi) is 4.65. The van der Waals surface area contributed by atoms with Gasteiger partial charge >= 0.3 is 0 Å².